The molecule has 0 amide bonds. The Morgan fingerprint density at radius 1 is 0.739 bits per heavy atom. The molecule has 138 valence electrons. The van der Waals surface area contributed by atoms with Crippen LogP contribution in [0.25, 0.3) is 0 Å². The Morgan fingerprint density at radius 2 is 1.17 bits per heavy atom. The number of hydrogen-bond donors (Lipinski definition) is 1. The molecule has 0 aliphatic heterocycles. The number of aliphatic hydroxyl groups excluding tert-OH is 1. The van der Waals surface area contributed by atoms with Crippen molar-refractivity contribution in [2.75, 3.05) is 13.2 Å². The van der Waals surface area contributed by atoms with E-state index in [0.717, 1.165) is 6.61 Å². The molecule has 0 saturated heterocycles. The second kappa shape index (κ2) is 19.7. The van der Waals surface area contributed by atoms with Crippen LogP contribution in [0.1, 0.15) is 104 Å². The van der Waals surface area contributed by atoms with Crippen LogP contribution in [0.2, 0.25) is 0 Å². The summed E-state index contributed by atoms with van der Waals surface area (Å²) in [6.07, 6.45) is 22.8. The third-order valence-corrected chi connectivity index (χ3v) is 4.27. The number of unbranched alkanes of at least 4 members (excludes halogenated alkanes) is 13. The van der Waals surface area contributed by atoms with E-state index in [1.54, 1.807) is 13.0 Å². The third-order valence-electron chi connectivity index (χ3n) is 4.27. The summed E-state index contributed by atoms with van der Waals surface area (Å²) in [5.41, 5.74) is 0. The summed E-state index contributed by atoms with van der Waals surface area (Å²) < 4.78 is 5.49. The lowest BCUT2D eigenvalue weighted by atomic mass is 10.0. The molecule has 0 rings (SSSR count). The normalized spacial score (nSPS) is 13.0. The minimum atomic E-state index is -0.361. The summed E-state index contributed by atoms with van der Waals surface area (Å²) in [5.74, 6) is 0. The molecule has 0 radical (unpaired) electrons. The van der Waals surface area contributed by atoms with Gasteiger partial charge in [0.05, 0.1) is 12.7 Å². The van der Waals surface area contributed by atoms with Crippen molar-refractivity contribution in [3.63, 3.8) is 0 Å². The molecule has 23 heavy (non-hydrogen) atoms. The zero-order valence-corrected chi connectivity index (χ0v) is 15.9. The van der Waals surface area contributed by atoms with Crippen molar-refractivity contribution >= 4 is 0 Å². The van der Waals surface area contributed by atoms with E-state index in [1.807, 2.05) is 6.08 Å². The number of aliphatic hydroxyl groups is 1. The smallest absolute Gasteiger partial charge is 0.0693 e. The molecule has 0 fully saturated rings. The maximum Gasteiger partial charge on any atom is 0.0693 e. The van der Waals surface area contributed by atoms with E-state index < -0.39 is 0 Å². The number of ether oxygens (including phenoxy) is 1. The van der Waals surface area contributed by atoms with Gasteiger partial charge >= 0.3 is 0 Å². The van der Waals surface area contributed by atoms with Crippen LogP contribution in [0.3, 0.4) is 0 Å². The molecule has 2 heteroatoms. The average molecular weight is 327 g/mol. The first-order chi connectivity index (χ1) is 11.3. The van der Waals surface area contributed by atoms with Crippen LogP contribution in [0.15, 0.2) is 12.2 Å². The highest BCUT2D eigenvalue weighted by Crippen LogP contribution is 2.12. The quantitative estimate of drug-likeness (QED) is 0.232. The van der Waals surface area contributed by atoms with E-state index in [-0.39, 0.29) is 6.10 Å². The molecule has 0 aliphatic carbocycles. The topological polar surface area (TPSA) is 29.5 Å². The first-order valence-corrected chi connectivity index (χ1v) is 10.2. The van der Waals surface area contributed by atoms with Gasteiger partial charge in [0, 0.05) is 6.61 Å². The van der Waals surface area contributed by atoms with E-state index in [2.05, 4.69) is 6.92 Å². The fourth-order valence-electron chi connectivity index (χ4n) is 2.80. The summed E-state index contributed by atoms with van der Waals surface area (Å²) in [4.78, 5) is 0. The molecular weight excluding hydrogens is 284 g/mol. The number of hydrogen-bond acceptors (Lipinski definition) is 2. The van der Waals surface area contributed by atoms with Crippen molar-refractivity contribution in [3.8, 4) is 0 Å². The summed E-state index contributed by atoms with van der Waals surface area (Å²) >= 11 is 0. The van der Waals surface area contributed by atoms with Gasteiger partial charge in [0.1, 0.15) is 0 Å². The van der Waals surface area contributed by atoms with Gasteiger partial charge in [-0.3, -0.25) is 0 Å². The average Bonchev–Trinajstić information content (AvgIpc) is 2.53. The largest absolute Gasteiger partial charge is 0.389 e. The molecule has 1 N–H and O–H groups in total. The Hall–Kier alpha value is -0.340. The van der Waals surface area contributed by atoms with Crippen molar-refractivity contribution in [1.29, 1.82) is 0 Å². The van der Waals surface area contributed by atoms with E-state index in [4.69, 9.17) is 9.84 Å². The predicted molar refractivity (Wildman–Crippen MR) is 102 cm³/mol. The van der Waals surface area contributed by atoms with Gasteiger partial charge in [-0.1, -0.05) is 103 Å². The van der Waals surface area contributed by atoms with E-state index in [1.165, 1.54) is 89.9 Å². The highest BCUT2D eigenvalue weighted by molar-refractivity contribution is 4.85. The Labute approximate surface area is 145 Å². The molecule has 1 unspecified atom stereocenters. The highest BCUT2D eigenvalue weighted by atomic mass is 16.5. The molecule has 0 saturated carbocycles. The van der Waals surface area contributed by atoms with Crippen LogP contribution in [0, 0.1) is 0 Å². The minimum absolute atomic E-state index is 0.361. The Kier molecular flexibility index (Phi) is 19.4. The van der Waals surface area contributed by atoms with Gasteiger partial charge in [0.2, 0.25) is 0 Å². The van der Waals surface area contributed by atoms with Crippen LogP contribution in [0.5, 0.6) is 0 Å². The van der Waals surface area contributed by atoms with Crippen LogP contribution in [-0.4, -0.2) is 24.4 Å². The monoisotopic (exact) mass is 326 g/mol. The van der Waals surface area contributed by atoms with Gasteiger partial charge in [-0.2, -0.15) is 0 Å². The molecule has 2 nitrogen and oxygen atoms in total. The van der Waals surface area contributed by atoms with Gasteiger partial charge in [-0.05, 0) is 13.3 Å². The zero-order valence-electron chi connectivity index (χ0n) is 15.9. The maximum atomic E-state index is 9.04. The van der Waals surface area contributed by atoms with Gasteiger partial charge in [-0.25, -0.2) is 0 Å². The first-order valence-electron chi connectivity index (χ1n) is 10.2. The van der Waals surface area contributed by atoms with Crippen molar-refractivity contribution < 1.29 is 9.84 Å². The van der Waals surface area contributed by atoms with Crippen LogP contribution < -0.4 is 0 Å². The fourth-order valence-corrected chi connectivity index (χ4v) is 2.80. The summed E-state index contributed by atoms with van der Waals surface area (Å²) in [6, 6.07) is 0. The Morgan fingerprint density at radius 3 is 1.61 bits per heavy atom. The predicted octanol–water partition coefficient (Wildman–Crippen LogP) is 6.42. The first kappa shape index (κ1) is 22.7. The summed E-state index contributed by atoms with van der Waals surface area (Å²) in [7, 11) is 0. The molecule has 0 aliphatic rings. The summed E-state index contributed by atoms with van der Waals surface area (Å²) in [6.45, 7) is 5.51. The molecule has 0 aromatic carbocycles. The lowest BCUT2D eigenvalue weighted by molar-refractivity contribution is 0.155. The van der Waals surface area contributed by atoms with Crippen LogP contribution in [-0.2, 0) is 4.74 Å². The van der Waals surface area contributed by atoms with Gasteiger partial charge < -0.3 is 9.84 Å². The standard InChI is InChI=1S/C21H42O2/c1-3-4-5-6-7-8-9-10-11-12-13-14-15-16-19-23-20-17-18-21(2)22/h17-18,21-22H,3-16,19-20H2,1-2H3. The van der Waals surface area contributed by atoms with Crippen molar-refractivity contribution in [2.45, 2.75) is 110 Å². The van der Waals surface area contributed by atoms with E-state index in [0.29, 0.717) is 6.61 Å². The molecule has 0 aromatic heterocycles. The molecule has 1 atom stereocenters. The zero-order chi connectivity index (χ0) is 17.0. The molecule has 0 heterocycles. The SMILES string of the molecule is CCCCCCCCCCCCCCCCOCC=CC(C)O. The molecule has 0 aromatic rings. The third kappa shape index (κ3) is 21.7. The van der Waals surface area contributed by atoms with Crippen molar-refractivity contribution in [3.05, 3.63) is 12.2 Å². The lowest BCUT2D eigenvalue weighted by Gasteiger charge is -2.04. The maximum absolute atomic E-state index is 9.04. The Bertz CT molecular complexity index is 236. The van der Waals surface area contributed by atoms with Crippen LogP contribution >= 0.6 is 0 Å². The molecule has 0 bridgehead atoms. The van der Waals surface area contributed by atoms with Gasteiger partial charge in [0.25, 0.3) is 0 Å². The minimum Gasteiger partial charge on any atom is -0.389 e. The van der Waals surface area contributed by atoms with Crippen molar-refractivity contribution in [2.24, 2.45) is 0 Å². The second-order valence-corrected chi connectivity index (χ2v) is 6.84. The van der Waals surface area contributed by atoms with Gasteiger partial charge in [0.15, 0.2) is 0 Å². The Balaban J connectivity index is 3.00. The highest BCUT2D eigenvalue weighted by Gasteiger charge is 1.94. The number of rotatable bonds is 18. The van der Waals surface area contributed by atoms with E-state index in [9.17, 15) is 0 Å². The van der Waals surface area contributed by atoms with Gasteiger partial charge in [-0.15, -0.1) is 0 Å². The van der Waals surface area contributed by atoms with E-state index >= 15 is 0 Å². The molecule has 0 spiro atoms. The molecular formula is C21H42O2. The summed E-state index contributed by atoms with van der Waals surface area (Å²) in [5, 5.41) is 9.04. The second-order valence-electron chi connectivity index (χ2n) is 6.84. The fraction of sp³-hybridized carbons (Fsp3) is 0.905. The lowest BCUT2D eigenvalue weighted by Crippen LogP contribution is -1.97. The van der Waals surface area contributed by atoms with Crippen LogP contribution in [0.4, 0.5) is 0 Å². The van der Waals surface area contributed by atoms with Crippen molar-refractivity contribution in [1.82, 2.24) is 0 Å².